The lowest BCUT2D eigenvalue weighted by Gasteiger charge is -2.12. The molecule has 19 heavy (non-hydrogen) atoms. The van der Waals surface area contributed by atoms with Crippen LogP contribution in [0.2, 0.25) is 0 Å². The summed E-state index contributed by atoms with van der Waals surface area (Å²) < 4.78 is 11.5. The molecular formula is C13H10BrN3O2. The zero-order chi connectivity index (χ0) is 13.8. The maximum atomic E-state index is 8.84. The molecule has 0 saturated carbocycles. The van der Waals surface area contributed by atoms with Gasteiger partial charge in [-0.3, -0.25) is 4.98 Å². The third-order valence-electron chi connectivity index (χ3n) is 2.39. The fourth-order valence-electron chi connectivity index (χ4n) is 1.48. The molecule has 5 nitrogen and oxygen atoms in total. The van der Waals surface area contributed by atoms with Gasteiger partial charge in [-0.05, 0) is 28.1 Å². The van der Waals surface area contributed by atoms with E-state index in [-0.39, 0.29) is 0 Å². The number of aromatic nitrogens is 1. The molecule has 2 N–H and O–H groups in total. The van der Waals surface area contributed by atoms with Crippen molar-refractivity contribution in [2.45, 2.75) is 0 Å². The van der Waals surface area contributed by atoms with E-state index in [1.165, 1.54) is 13.3 Å². The van der Waals surface area contributed by atoms with Gasteiger partial charge < -0.3 is 15.2 Å². The summed E-state index contributed by atoms with van der Waals surface area (Å²) >= 11 is 3.32. The van der Waals surface area contributed by atoms with E-state index in [1.54, 1.807) is 24.4 Å². The largest absolute Gasteiger partial charge is 0.493 e. The van der Waals surface area contributed by atoms with Crippen molar-refractivity contribution in [2.24, 2.45) is 0 Å². The van der Waals surface area contributed by atoms with Crippen LogP contribution in [-0.2, 0) is 0 Å². The van der Waals surface area contributed by atoms with Crippen molar-refractivity contribution in [3.63, 3.8) is 0 Å². The van der Waals surface area contributed by atoms with Crippen molar-refractivity contribution in [1.29, 1.82) is 5.26 Å². The Kier molecular flexibility index (Phi) is 3.88. The predicted molar refractivity (Wildman–Crippen MR) is 74.1 cm³/mol. The first-order valence-electron chi connectivity index (χ1n) is 5.30. The van der Waals surface area contributed by atoms with Gasteiger partial charge in [0.15, 0.2) is 17.2 Å². The van der Waals surface area contributed by atoms with Gasteiger partial charge in [0.1, 0.15) is 0 Å². The molecule has 96 valence electrons. The lowest BCUT2D eigenvalue weighted by Crippen LogP contribution is -1.96. The van der Waals surface area contributed by atoms with Gasteiger partial charge in [0.2, 0.25) is 0 Å². The summed E-state index contributed by atoms with van der Waals surface area (Å²) in [5.41, 5.74) is 6.70. The summed E-state index contributed by atoms with van der Waals surface area (Å²) in [6, 6.07) is 6.93. The van der Waals surface area contributed by atoms with Gasteiger partial charge in [0, 0.05) is 12.3 Å². The molecule has 0 fully saturated rings. The summed E-state index contributed by atoms with van der Waals surface area (Å²) in [5.74, 6) is 1.39. The van der Waals surface area contributed by atoms with Gasteiger partial charge in [-0.15, -0.1) is 0 Å². The van der Waals surface area contributed by atoms with E-state index in [4.69, 9.17) is 20.5 Å². The van der Waals surface area contributed by atoms with Crippen LogP contribution in [0.4, 0.5) is 5.69 Å². The summed E-state index contributed by atoms with van der Waals surface area (Å²) in [6.45, 7) is 0. The summed E-state index contributed by atoms with van der Waals surface area (Å²) in [5, 5.41) is 8.84. The molecule has 0 saturated heterocycles. The van der Waals surface area contributed by atoms with Gasteiger partial charge in [0.05, 0.1) is 35.1 Å². The van der Waals surface area contributed by atoms with Crippen molar-refractivity contribution in [3.8, 4) is 23.3 Å². The SMILES string of the molecule is COc1cc(C#N)ccc1Oc1c(N)cncc1Br. The van der Waals surface area contributed by atoms with E-state index in [0.717, 1.165) is 0 Å². The smallest absolute Gasteiger partial charge is 0.169 e. The number of nitrogens with two attached hydrogens (primary N) is 1. The van der Waals surface area contributed by atoms with Crippen LogP contribution >= 0.6 is 15.9 Å². The van der Waals surface area contributed by atoms with Crippen LogP contribution in [0.3, 0.4) is 0 Å². The van der Waals surface area contributed by atoms with E-state index in [9.17, 15) is 0 Å². The number of halogens is 1. The molecule has 0 aliphatic rings. The van der Waals surface area contributed by atoms with Gasteiger partial charge in [-0.1, -0.05) is 0 Å². The highest BCUT2D eigenvalue weighted by molar-refractivity contribution is 9.10. The minimum Gasteiger partial charge on any atom is -0.493 e. The Hall–Kier alpha value is -2.26. The Morgan fingerprint density at radius 2 is 2.11 bits per heavy atom. The van der Waals surface area contributed by atoms with Crippen LogP contribution in [0.15, 0.2) is 35.1 Å². The van der Waals surface area contributed by atoms with Gasteiger partial charge in [0.25, 0.3) is 0 Å². The van der Waals surface area contributed by atoms with E-state index in [0.29, 0.717) is 33.0 Å². The van der Waals surface area contributed by atoms with E-state index in [1.807, 2.05) is 6.07 Å². The number of anilines is 1. The lowest BCUT2D eigenvalue weighted by molar-refractivity contribution is 0.378. The van der Waals surface area contributed by atoms with Crippen molar-refractivity contribution in [1.82, 2.24) is 4.98 Å². The minimum absolute atomic E-state index is 0.404. The van der Waals surface area contributed by atoms with Gasteiger partial charge >= 0.3 is 0 Å². The zero-order valence-corrected chi connectivity index (χ0v) is 11.6. The number of nitrogen functional groups attached to an aromatic ring is 1. The maximum absolute atomic E-state index is 8.84. The maximum Gasteiger partial charge on any atom is 0.169 e. The number of methoxy groups -OCH3 is 1. The molecule has 0 radical (unpaired) electrons. The molecule has 2 rings (SSSR count). The van der Waals surface area contributed by atoms with Gasteiger partial charge in [-0.25, -0.2) is 0 Å². The molecule has 2 aromatic rings. The van der Waals surface area contributed by atoms with E-state index in [2.05, 4.69) is 20.9 Å². The highest BCUT2D eigenvalue weighted by atomic mass is 79.9. The number of hydrogen-bond donors (Lipinski definition) is 1. The quantitative estimate of drug-likeness (QED) is 0.940. The number of rotatable bonds is 3. The molecule has 0 bridgehead atoms. The summed E-state index contributed by atoms with van der Waals surface area (Å²) in [4.78, 5) is 3.93. The fourth-order valence-corrected chi connectivity index (χ4v) is 1.91. The van der Waals surface area contributed by atoms with Crippen LogP contribution in [0.25, 0.3) is 0 Å². The lowest BCUT2D eigenvalue weighted by atomic mass is 10.2. The Labute approximate surface area is 118 Å². The molecule has 1 aromatic carbocycles. The number of hydrogen-bond acceptors (Lipinski definition) is 5. The summed E-state index contributed by atoms with van der Waals surface area (Å²) in [7, 11) is 1.51. The number of ether oxygens (including phenoxy) is 2. The molecule has 0 amide bonds. The minimum atomic E-state index is 0.404. The molecule has 0 unspecified atom stereocenters. The third kappa shape index (κ3) is 2.77. The highest BCUT2D eigenvalue weighted by Gasteiger charge is 2.12. The average Bonchev–Trinajstić information content (AvgIpc) is 2.43. The van der Waals surface area contributed by atoms with Crippen molar-refractivity contribution >= 4 is 21.6 Å². The normalized spacial score (nSPS) is 9.74. The molecule has 6 heteroatoms. The van der Waals surface area contributed by atoms with Crippen molar-refractivity contribution in [2.75, 3.05) is 12.8 Å². The number of benzene rings is 1. The molecule has 0 atom stereocenters. The average molecular weight is 320 g/mol. The fraction of sp³-hybridized carbons (Fsp3) is 0.0769. The Morgan fingerprint density at radius 1 is 1.32 bits per heavy atom. The Bertz CT molecular complexity index is 633. The number of nitrogens with zero attached hydrogens (tertiary/aromatic N) is 2. The van der Waals surface area contributed by atoms with E-state index < -0.39 is 0 Å². The molecule has 0 aliphatic heterocycles. The second-order valence-electron chi connectivity index (χ2n) is 3.62. The van der Waals surface area contributed by atoms with E-state index >= 15 is 0 Å². The first-order chi connectivity index (χ1) is 9.15. The zero-order valence-electron chi connectivity index (χ0n) is 10.1. The molecular weight excluding hydrogens is 310 g/mol. The van der Waals surface area contributed by atoms with Crippen LogP contribution < -0.4 is 15.2 Å². The molecule has 1 aromatic heterocycles. The van der Waals surface area contributed by atoms with Crippen LogP contribution in [-0.4, -0.2) is 12.1 Å². The second-order valence-corrected chi connectivity index (χ2v) is 4.47. The van der Waals surface area contributed by atoms with Crippen LogP contribution in [0.1, 0.15) is 5.56 Å². The molecule has 1 heterocycles. The van der Waals surface area contributed by atoms with Crippen molar-refractivity contribution in [3.05, 3.63) is 40.6 Å². The molecule has 0 aliphatic carbocycles. The van der Waals surface area contributed by atoms with Crippen molar-refractivity contribution < 1.29 is 9.47 Å². The third-order valence-corrected chi connectivity index (χ3v) is 2.95. The second kappa shape index (κ2) is 5.59. The summed E-state index contributed by atoms with van der Waals surface area (Å²) in [6.07, 6.45) is 3.08. The standard InChI is InChI=1S/C13H10BrN3O2/c1-18-12-4-8(5-15)2-3-11(12)19-13-9(14)6-17-7-10(13)16/h2-4,6-7H,16H2,1H3. The molecule has 0 spiro atoms. The first kappa shape index (κ1) is 13.2. The highest BCUT2D eigenvalue weighted by Crippen LogP contribution is 2.38. The number of nitriles is 1. The topological polar surface area (TPSA) is 81.2 Å². The predicted octanol–water partition coefficient (Wildman–Crippen LogP) is 3.10. The Balaban J connectivity index is 2.41. The monoisotopic (exact) mass is 319 g/mol. The van der Waals surface area contributed by atoms with Crippen LogP contribution in [0, 0.1) is 11.3 Å². The van der Waals surface area contributed by atoms with Gasteiger partial charge in [-0.2, -0.15) is 5.26 Å². The Morgan fingerprint density at radius 3 is 2.74 bits per heavy atom. The number of pyridine rings is 1. The first-order valence-corrected chi connectivity index (χ1v) is 6.10. The van der Waals surface area contributed by atoms with Crippen LogP contribution in [0.5, 0.6) is 17.2 Å².